The molecule has 3 rings (SSSR count). The van der Waals surface area contributed by atoms with E-state index in [0.717, 1.165) is 0 Å². The summed E-state index contributed by atoms with van der Waals surface area (Å²) in [7, 11) is 1.57. The first kappa shape index (κ1) is 27.6. The Morgan fingerprint density at radius 2 is 1.89 bits per heavy atom. The standard InChI is InChI=1S/C25H27Cl2N5O3S/c1-5-12-32-23(22(15(2)3)29-24(34)16-6-9-18(35-4)10-7-16)30-31-25(32)36-14-21(33)28-20-13-17(26)8-11-19(20)27/h5-11,13,15,22H,1,12,14H2,2-4H3,(H,28,33)(H,29,34). The number of nitrogens with one attached hydrogen (secondary N) is 2. The fourth-order valence-corrected chi connectivity index (χ4v) is 4.44. The van der Waals surface area contributed by atoms with Gasteiger partial charge in [0.15, 0.2) is 11.0 Å². The van der Waals surface area contributed by atoms with Crippen LogP contribution in [0.15, 0.2) is 60.3 Å². The molecule has 2 amide bonds. The molecule has 11 heteroatoms. The van der Waals surface area contributed by atoms with Gasteiger partial charge in [0.25, 0.3) is 5.91 Å². The molecule has 3 aromatic rings. The van der Waals surface area contributed by atoms with Gasteiger partial charge >= 0.3 is 0 Å². The predicted octanol–water partition coefficient (Wildman–Crippen LogP) is 5.64. The van der Waals surface area contributed by atoms with E-state index in [9.17, 15) is 9.59 Å². The van der Waals surface area contributed by atoms with E-state index in [1.54, 1.807) is 55.7 Å². The van der Waals surface area contributed by atoms with Gasteiger partial charge in [0.2, 0.25) is 5.91 Å². The summed E-state index contributed by atoms with van der Waals surface area (Å²) >= 11 is 13.3. The first-order chi connectivity index (χ1) is 17.2. The number of methoxy groups -OCH3 is 1. The second-order valence-corrected chi connectivity index (χ2v) is 9.91. The van der Waals surface area contributed by atoms with Gasteiger partial charge in [0.1, 0.15) is 5.75 Å². The van der Waals surface area contributed by atoms with E-state index in [0.29, 0.717) is 44.6 Å². The summed E-state index contributed by atoms with van der Waals surface area (Å²) in [5, 5.41) is 15.8. The van der Waals surface area contributed by atoms with Crippen LogP contribution in [0.3, 0.4) is 0 Å². The number of benzene rings is 2. The number of carbonyl (C=O) groups excluding carboxylic acids is 2. The van der Waals surface area contributed by atoms with E-state index in [1.807, 2.05) is 18.4 Å². The van der Waals surface area contributed by atoms with Crippen molar-refractivity contribution in [2.24, 2.45) is 5.92 Å². The minimum Gasteiger partial charge on any atom is -0.497 e. The lowest BCUT2D eigenvalue weighted by Crippen LogP contribution is -2.33. The molecule has 1 atom stereocenters. The van der Waals surface area contributed by atoms with Gasteiger partial charge in [-0.15, -0.1) is 16.8 Å². The Kier molecular flexibility index (Phi) is 9.81. The summed E-state index contributed by atoms with van der Waals surface area (Å²) in [6.45, 7) is 8.21. The van der Waals surface area contributed by atoms with Crippen LogP contribution in [-0.2, 0) is 11.3 Å². The minimum absolute atomic E-state index is 0.0195. The number of anilines is 1. The van der Waals surface area contributed by atoms with Crippen molar-refractivity contribution >= 4 is 52.5 Å². The molecule has 0 aliphatic rings. The third-order valence-electron chi connectivity index (χ3n) is 5.18. The predicted molar refractivity (Wildman–Crippen MR) is 144 cm³/mol. The summed E-state index contributed by atoms with van der Waals surface area (Å²) < 4.78 is 7.00. The molecule has 0 aliphatic heterocycles. The molecule has 190 valence electrons. The lowest BCUT2D eigenvalue weighted by Gasteiger charge is -2.22. The van der Waals surface area contributed by atoms with Crippen LogP contribution in [0.1, 0.15) is 36.1 Å². The Hall–Kier alpha value is -3.01. The average Bonchev–Trinajstić information content (AvgIpc) is 3.25. The van der Waals surface area contributed by atoms with Gasteiger partial charge in [-0.1, -0.05) is 54.9 Å². The number of carbonyl (C=O) groups is 2. The molecule has 2 N–H and O–H groups in total. The molecule has 0 saturated carbocycles. The van der Waals surface area contributed by atoms with Gasteiger partial charge in [0.05, 0.1) is 29.6 Å². The molecular weight excluding hydrogens is 521 g/mol. The van der Waals surface area contributed by atoms with Crippen molar-refractivity contribution in [1.29, 1.82) is 0 Å². The zero-order chi connectivity index (χ0) is 26.2. The zero-order valence-electron chi connectivity index (χ0n) is 20.1. The Morgan fingerprint density at radius 3 is 2.53 bits per heavy atom. The van der Waals surface area contributed by atoms with E-state index < -0.39 is 6.04 Å². The molecule has 0 fully saturated rings. The third kappa shape index (κ3) is 7.02. The quantitative estimate of drug-likeness (QED) is 0.238. The van der Waals surface area contributed by atoms with Gasteiger partial charge in [0, 0.05) is 17.1 Å². The van der Waals surface area contributed by atoms with E-state index in [1.165, 1.54) is 11.8 Å². The molecule has 1 heterocycles. The molecule has 1 unspecified atom stereocenters. The largest absolute Gasteiger partial charge is 0.497 e. The molecule has 0 spiro atoms. The molecule has 0 radical (unpaired) electrons. The Bertz CT molecular complexity index is 1230. The van der Waals surface area contributed by atoms with Crippen molar-refractivity contribution in [3.05, 3.63) is 76.6 Å². The van der Waals surface area contributed by atoms with Crippen molar-refractivity contribution < 1.29 is 14.3 Å². The van der Waals surface area contributed by atoms with Crippen LogP contribution in [0.4, 0.5) is 5.69 Å². The van der Waals surface area contributed by atoms with Gasteiger partial charge in [-0.2, -0.15) is 0 Å². The van der Waals surface area contributed by atoms with Crippen LogP contribution in [0.25, 0.3) is 0 Å². The average molecular weight is 548 g/mol. The molecular formula is C25H27Cl2N5O3S. The highest BCUT2D eigenvalue weighted by molar-refractivity contribution is 7.99. The molecule has 0 aliphatic carbocycles. The van der Waals surface area contributed by atoms with Gasteiger partial charge in [-0.3, -0.25) is 9.59 Å². The van der Waals surface area contributed by atoms with Gasteiger partial charge in [-0.25, -0.2) is 0 Å². The monoisotopic (exact) mass is 547 g/mol. The number of nitrogens with zero attached hydrogens (tertiary/aromatic N) is 3. The maximum atomic E-state index is 12.9. The van der Waals surface area contributed by atoms with Crippen molar-refractivity contribution in [2.45, 2.75) is 31.6 Å². The van der Waals surface area contributed by atoms with E-state index in [4.69, 9.17) is 27.9 Å². The maximum Gasteiger partial charge on any atom is 0.251 e. The Morgan fingerprint density at radius 1 is 1.17 bits per heavy atom. The van der Waals surface area contributed by atoms with Crippen LogP contribution >= 0.6 is 35.0 Å². The summed E-state index contributed by atoms with van der Waals surface area (Å²) in [6.07, 6.45) is 1.71. The summed E-state index contributed by atoms with van der Waals surface area (Å²) in [5.41, 5.74) is 0.936. The highest BCUT2D eigenvalue weighted by Crippen LogP contribution is 2.28. The van der Waals surface area contributed by atoms with Crippen molar-refractivity contribution in [3.63, 3.8) is 0 Å². The Labute approximate surface area is 224 Å². The second-order valence-electron chi connectivity index (χ2n) is 8.12. The molecule has 2 aromatic carbocycles. The fraction of sp³-hybridized carbons (Fsp3) is 0.280. The number of halogens is 2. The SMILES string of the molecule is C=CCn1c(SCC(=O)Nc2cc(Cl)ccc2Cl)nnc1C(NC(=O)c1ccc(OC)cc1)C(C)C. The van der Waals surface area contributed by atoms with Crippen LogP contribution in [0, 0.1) is 5.92 Å². The number of aromatic nitrogens is 3. The topological polar surface area (TPSA) is 98.1 Å². The Balaban J connectivity index is 1.75. The smallest absolute Gasteiger partial charge is 0.251 e. The van der Waals surface area contributed by atoms with Crippen molar-refractivity contribution in [3.8, 4) is 5.75 Å². The number of ether oxygens (including phenoxy) is 1. The lowest BCUT2D eigenvalue weighted by molar-refractivity contribution is -0.113. The third-order valence-corrected chi connectivity index (χ3v) is 6.71. The second kappa shape index (κ2) is 12.8. The molecule has 8 nitrogen and oxygen atoms in total. The normalized spacial score (nSPS) is 11.7. The van der Waals surface area contributed by atoms with E-state index in [2.05, 4.69) is 27.4 Å². The number of allylic oxidation sites excluding steroid dienone is 1. The zero-order valence-corrected chi connectivity index (χ0v) is 22.5. The number of amides is 2. The van der Waals surface area contributed by atoms with E-state index in [-0.39, 0.29) is 23.5 Å². The van der Waals surface area contributed by atoms with Gasteiger partial charge < -0.3 is 19.9 Å². The number of hydrogen-bond acceptors (Lipinski definition) is 6. The van der Waals surface area contributed by atoms with Crippen LogP contribution < -0.4 is 15.4 Å². The highest BCUT2D eigenvalue weighted by atomic mass is 35.5. The van der Waals surface area contributed by atoms with Crippen LogP contribution in [0.5, 0.6) is 5.75 Å². The number of hydrogen-bond donors (Lipinski definition) is 2. The summed E-state index contributed by atoms with van der Waals surface area (Å²) in [4.78, 5) is 25.5. The first-order valence-electron chi connectivity index (χ1n) is 11.1. The molecule has 1 aromatic heterocycles. The molecule has 36 heavy (non-hydrogen) atoms. The maximum absolute atomic E-state index is 12.9. The van der Waals surface area contributed by atoms with Crippen LogP contribution in [0.2, 0.25) is 10.0 Å². The highest BCUT2D eigenvalue weighted by Gasteiger charge is 2.26. The fourth-order valence-electron chi connectivity index (χ4n) is 3.34. The van der Waals surface area contributed by atoms with Crippen LogP contribution in [-0.4, -0.2) is 39.4 Å². The number of thioether (sulfide) groups is 1. The molecule has 0 saturated heterocycles. The minimum atomic E-state index is -0.416. The van der Waals surface area contributed by atoms with Crippen molar-refractivity contribution in [2.75, 3.05) is 18.2 Å². The summed E-state index contributed by atoms with van der Waals surface area (Å²) in [6, 6.07) is 11.3. The lowest BCUT2D eigenvalue weighted by atomic mass is 10.0. The van der Waals surface area contributed by atoms with E-state index >= 15 is 0 Å². The first-order valence-corrected chi connectivity index (χ1v) is 12.8. The number of rotatable bonds is 11. The van der Waals surface area contributed by atoms with Crippen molar-refractivity contribution in [1.82, 2.24) is 20.1 Å². The molecule has 0 bridgehead atoms. The van der Waals surface area contributed by atoms with Gasteiger partial charge in [-0.05, 0) is 48.4 Å². The summed E-state index contributed by atoms with van der Waals surface area (Å²) in [5.74, 6) is 0.825.